The number of benzene rings is 1. The van der Waals surface area contributed by atoms with Gasteiger partial charge in [-0.05, 0) is 22.9 Å². The van der Waals surface area contributed by atoms with Crippen LogP contribution in [0.3, 0.4) is 0 Å². The molecule has 13 heavy (non-hydrogen) atoms. The maximum Gasteiger partial charge on any atom is 0.148 e. The zero-order chi connectivity index (χ0) is 10.2. The van der Waals surface area contributed by atoms with Gasteiger partial charge >= 0.3 is 0 Å². The van der Waals surface area contributed by atoms with Crippen molar-refractivity contribution in [3.63, 3.8) is 0 Å². The lowest BCUT2D eigenvalue weighted by Crippen LogP contribution is -2.10. The van der Waals surface area contributed by atoms with E-state index in [0.717, 1.165) is 6.07 Å². The lowest BCUT2D eigenvalue weighted by atomic mass is 10.1. The van der Waals surface area contributed by atoms with Gasteiger partial charge in [0.15, 0.2) is 0 Å². The highest BCUT2D eigenvalue weighted by Crippen LogP contribution is 2.32. The third-order valence-corrected chi connectivity index (χ3v) is 2.38. The molecule has 2 nitrogen and oxygen atoms in total. The fourth-order valence-corrected chi connectivity index (χ4v) is 1.34. The van der Waals surface area contributed by atoms with Gasteiger partial charge in [-0.15, -0.1) is 0 Å². The van der Waals surface area contributed by atoms with Crippen LogP contribution >= 0.6 is 15.9 Å². The minimum absolute atomic E-state index is 0.166. The van der Waals surface area contributed by atoms with Gasteiger partial charge in [0.1, 0.15) is 17.4 Å². The predicted octanol–water partition coefficient (Wildman–Crippen LogP) is 2.45. The summed E-state index contributed by atoms with van der Waals surface area (Å²) < 4.78 is 26.1. The normalized spacial score (nSPS) is 13.0. The van der Waals surface area contributed by atoms with Crippen molar-refractivity contribution in [2.24, 2.45) is 5.73 Å². The van der Waals surface area contributed by atoms with E-state index in [1.54, 1.807) is 0 Å². The van der Waals surface area contributed by atoms with Crippen molar-refractivity contribution < 1.29 is 13.9 Å². The molecule has 0 bridgehead atoms. The van der Waals surface area contributed by atoms with E-state index < -0.39 is 23.4 Å². The lowest BCUT2D eigenvalue weighted by molar-refractivity contribution is 0.448. The van der Waals surface area contributed by atoms with Gasteiger partial charge in [-0.25, -0.2) is 8.78 Å². The maximum absolute atomic E-state index is 13.2. The Hall–Kier alpha value is -0.680. The Morgan fingerprint density at radius 2 is 2.08 bits per heavy atom. The molecule has 0 aliphatic rings. The summed E-state index contributed by atoms with van der Waals surface area (Å²) in [5.74, 6) is -2.17. The second kappa shape index (κ2) is 3.59. The first-order chi connectivity index (χ1) is 5.95. The molecule has 0 aliphatic carbocycles. The van der Waals surface area contributed by atoms with Crippen LogP contribution in [0.4, 0.5) is 8.78 Å². The first-order valence-electron chi connectivity index (χ1n) is 3.57. The zero-order valence-electron chi connectivity index (χ0n) is 6.81. The molecule has 1 unspecified atom stereocenters. The highest BCUT2D eigenvalue weighted by atomic mass is 79.9. The molecular formula is C8H8BrF2NO. The van der Waals surface area contributed by atoms with E-state index in [1.807, 2.05) is 0 Å². The van der Waals surface area contributed by atoms with Gasteiger partial charge in [-0.3, -0.25) is 0 Å². The molecule has 1 rings (SSSR count). The van der Waals surface area contributed by atoms with E-state index in [1.165, 1.54) is 6.92 Å². The smallest absolute Gasteiger partial charge is 0.148 e. The number of hydrogen-bond donors (Lipinski definition) is 2. The lowest BCUT2D eigenvalue weighted by Gasteiger charge is -2.10. The van der Waals surface area contributed by atoms with E-state index in [-0.39, 0.29) is 10.0 Å². The molecule has 3 N–H and O–H groups in total. The molecule has 5 heteroatoms. The number of hydrogen-bond acceptors (Lipinski definition) is 2. The van der Waals surface area contributed by atoms with Crippen LogP contribution in [0.25, 0.3) is 0 Å². The molecular weight excluding hydrogens is 244 g/mol. The summed E-state index contributed by atoms with van der Waals surface area (Å²) >= 11 is 2.79. The van der Waals surface area contributed by atoms with Gasteiger partial charge in [0.25, 0.3) is 0 Å². The van der Waals surface area contributed by atoms with Crippen molar-refractivity contribution in [2.45, 2.75) is 13.0 Å². The molecule has 0 spiro atoms. The molecule has 0 saturated carbocycles. The van der Waals surface area contributed by atoms with Crippen LogP contribution in [0.2, 0.25) is 0 Å². The van der Waals surface area contributed by atoms with Crippen molar-refractivity contribution >= 4 is 15.9 Å². The summed E-state index contributed by atoms with van der Waals surface area (Å²) in [5, 5.41) is 9.02. The van der Waals surface area contributed by atoms with Crippen molar-refractivity contribution in [1.82, 2.24) is 0 Å². The second-order valence-electron chi connectivity index (χ2n) is 2.71. The fourth-order valence-electron chi connectivity index (χ4n) is 1.01. The molecule has 1 aromatic rings. The molecule has 1 aromatic carbocycles. The van der Waals surface area contributed by atoms with Gasteiger partial charge in [-0.1, -0.05) is 0 Å². The summed E-state index contributed by atoms with van der Waals surface area (Å²) in [4.78, 5) is 0. The Kier molecular flexibility index (Phi) is 2.87. The average Bonchev–Trinajstić information content (AvgIpc) is 1.99. The third-order valence-electron chi connectivity index (χ3n) is 1.63. The summed E-state index contributed by atoms with van der Waals surface area (Å²) in [5.41, 5.74) is 5.12. The van der Waals surface area contributed by atoms with Crippen LogP contribution in [0, 0.1) is 11.6 Å². The number of aromatic hydroxyl groups is 1. The summed E-state index contributed by atoms with van der Waals surface area (Å²) in [6.07, 6.45) is 0. The van der Waals surface area contributed by atoms with Crippen molar-refractivity contribution in [2.75, 3.05) is 0 Å². The van der Waals surface area contributed by atoms with E-state index in [4.69, 9.17) is 10.8 Å². The Labute approximate surface area is 82.5 Å². The topological polar surface area (TPSA) is 46.2 Å². The number of halogens is 3. The quantitative estimate of drug-likeness (QED) is 0.754. The summed E-state index contributed by atoms with van der Waals surface area (Å²) in [7, 11) is 0. The van der Waals surface area contributed by atoms with Crippen LogP contribution in [0.5, 0.6) is 5.75 Å². The molecule has 0 aromatic heterocycles. The zero-order valence-corrected chi connectivity index (χ0v) is 8.40. The average molecular weight is 252 g/mol. The third kappa shape index (κ3) is 1.81. The van der Waals surface area contributed by atoms with E-state index in [2.05, 4.69) is 15.9 Å². The first-order valence-corrected chi connectivity index (χ1v) is 4.36. The second-order valence-corrected chi connectivity index (χ2v) is 3.50. The van der Waals surface area contributed by atoms with Gasteiger partial charge in [-0.2, -0.15) is 0 Å². The minimum atomic E-state index is -0.854. The van der Waals surface area contributed by atoms with Crippen LogP contribution in [-0.4, -0.2) is 5.11 Å². The summed E-state index contributed by atoms with van der Waals surface area (Å²) in [6.45, 7) is 1.46. The Balaban J connectivity index is 3.44. The van der Waals surface area contributed by atoms with E-state index in [9.17, 15) is 8.78 Å². The molecule has 0 fully saturated rings. The van der Waals surface area contributed by atoms with Crippen LogP contribution < -0.4 is 5.73 Å². The number of phenolic OH excluding ortho intramolecular Hbond substituents is 1. The molecule has 0 amide bonds. The molecule has 1 atom stereocenters. The maximum atomic E-state index is 13.2. The number of phenols is 1. The molecule has 0 aliphatic heterocycles. The number of rotatable bonds is 1. The van der Waals surface area contributed by atoms with Crippen LogP contribution in [0.1, 0.15) is 18.5 Å². The van der Waals surface area contributed by atoms with Crippen molar-refractivity contribution in [3.05, 3.63) is 27.7 Å². The minimum Gasteiger partial charge on any atom is -0.507 e. The first kappa shape index (κ1) is 10.4. The van der Waals surface area contributed by atoms with Crippen LogP contribution in [0.15, 0.2) is 10.5 Å². The predicted molar refractivity (Wildman–Crippen MR) is 48.3 cm³/mol. The molecule has 0 heterocycles. The van der Waals surface area contributed by atoms with E-state index in [0.29, 0.717) is 0 Å². The van der Waals surface area contributed by atoms with E-state index >= 15 is 0 Å². The molecule has 72 valence electrons. The van der Waals surface area contributed by atoms with Crippen molar-refractivity contribution in [1.29, 1.82) is 0 Å². The van der Waals surface area contributed by atoms with Gasteiger partial charge in [0, 0.05) is 17.7 Å². The van der Waals surface area contributed by atoms with Crippen molar-refractivity contribution in [3.8, 4) is 5.75 Å². The fraction of sp³-hybridized carbons (Fsp3) is 0.250. The SMILES string of the molecule is CC(N)c1c(F)cc(O)c(Br)c1F. The Morgan fingerprint density at radius 3 is 2.54 bits per heavy atom. The highest BCUT2D eigenvalue weighted by Gasteiger charge is 2.18. The van der Waals surface area contributed by atoms with Gasteiger partial charge in [0.2, 0.25) is 0 Å². The standard InChI is InChI=1S/C8H8BrF2NO/c1-3(12)6-4(10)2-5(13)7(9)8(6)11/h2-3,13H,12H2,1H3. The Morgan fingerprint density at radius 1 is 1.54 bits per heavy atom. The Bertz CT molecular complexity index is 341. The largest absolute Gasteiger partial charge is 0.507 e. The monoisotopic (exact) mass is 251 g/mol. The van der Waals surface area contributed by atoms with Gasteiger partial charge in [0.05, 0.1) is 4.47 Å². The summed E-state index contributed by atoms with van der Waals surface area (Å²) in [6, 6.07) is 0.0724. The number of nitrogens with two attached hydrogens (primary N) is 1. The molecule has 0 saturated heterocycles. The highest BCUT2D eigenvalue weighted by molar-refractivity contribution is 9.10. The van der Waals surface area contributed by atoms with Gasteiger partial charge < -0.3 is 10.8 Å². The van der Waals surface area contributed by atoms with Crippen LogP contribution in [-0.2, 0) is 0 Å². The molecule has 0 radical (unpaired) electrons.